The second-order valence-electron chi connectivity index (χ2n) is 7.06. The van der Waals surface area contributed by atoms with Gasteiger partial charge in [0.05, 0.1) is 4.90 Å². The predicted molar refractivity (Wildman–Crippen MR) is 116 cm³/mol. The molecule has 158 valence electrons. The number of hydrogen-bond acceptors (Lipinski definition) is 4. The van der Waals surface area contributed by atoms with Crippen LogP contribution in [-0.2, 0) is 14.8 Å². The van der Waals surface area contributed by atoms with Crippen LogP contribution >= 0.6 is 0 Å². The minimum absolute atomic E-state index is 0.203. The molecule has 0 aliphatic carbocycles. The molecule has 0 radical (unpaired) electrons. The van der Waals surface area contributed by atoms with Crippen LogP contribution in [0.3, 0.4) is 0 Å². The van der Waals surface area contributed by atoms with Crippen LogP contribution in [-0.4, -0.2) is 37.8 Å². The molecule has 1 amide bonds. The van der Waals surface area contributed by atoms with E-state index in [9.17, 15) is 13.2 Å². The predicted octanol–water partition coefficient (Wildman–Crippen LogP) is 4.25. The lowest BCUT2D eigenvalue weighted by Gasteiger charge is -2.19. The Labute approximate surface area is 173 Å². The minimum atomic E-state index is -3.52. The SMILES string of the molecule is CCN(CC)S(=O)(=O)c1ccc(NC(=O)[C@@H](C)Oc2ccccc2C(C)C)cc1. The lowest BCUT2D eigenvalue weighted by atomic mass is 10.0. The minimum Gasteiger partial charge on any atom is -0.481 e. The molecule has 0 heterocycles. The van der Waals surface area contributed by atoms with Crippen LogP contribution in [0.15, 0.2) is 53.4 Å². The number of anilines is 1. The number of hydrogen-bond donors (Lipinski definition) is 1. The molecule has 7 heteroatoms. The standard InChI is InChI=1S/C22H30N2O4S/c1-6-24(7-2)29(26,27)19-14-12-18(13-15-19)23-22(25)17(5)28-21-11-9-8-10-20(21)16(3)4/h8-17H,6-7H2,1-5H3,(H,23,25)/t17-/m1/s1. The fraction of sp³-hybridized carbons (Fsp3) is 0.409. The van der Waals surface area contributed by atoms with Crippen molar-refractivity contribution >= 4 is 21.6 Å². The van der Waals surface area contributed by atoms with E-state index < -0.39 is 16.1 Å². The molecule has 2 aromatic rings. The summed E-state index contributed by atoms with van der Waals surface area (Å²) in [5, 5.41) is 2.77. The van der Waals surface area contributed by atoms with Gasteiger partial charge in [-0.25, -0.2) is 8.42 Å². The van der Waals surface area contributed by atoms with Crippen LogP contribution < -0.4 is 10.1 Å². The highest BCUT2D eigenvalue weighted by Gasteiger charge is 2.22. The molecule has 2 aromatic carbocycles. The maximum Gasteiger partial charge on any atom is 0.265 e. The lowest BCUT2D eigenvalue weighted by Crippen LogP contribution is -2.31. The fourth-order valence-corrected chi connectivity index (χ4v) is 4.43. The third-order valence-corrected chi connectivity index (χ3v) is 6.74. The molecule has 0 saturated heterocycles. The summed E-state index contributed by atoms with van der Waals surface area (Å²) in [6.07, 6.45) is -0.700. The van der Waals surface area contributed by atoms with Gasteiger partial charge in [-0.3, -0.25) is 4.79 Å². The number of para-hydroxylation sites is 1. The van der Waals surface area contributed by atoms with Crippen molar-refractivity contribution in [3.8, 4) is 5.75 Å². The normalized spacial score (nSPS) is 12.8. The summed E-state index contributed by atoms with van der Waals surface area (Å²) in [6.45, 7) is 10.2. The van der Waals surface area contributed by atoms with Crippen molar-refractivity contribution in [2.75, 3.05) is 18.4 Å². The summed E-state index contributed by atoms with van der Waals surface area (Å²) in [5.41, 5.74) is 1.55. The summed E-state index contributed by atoms with van der Waals surface area (Å²) >= 11 is 0. The van der Waals surface area contributed by atoms with E-state index in [-0.39, 0.29) is 16.7 Å². The van der Waals surface area contributed by atoms with Gasteiger partial charge in [0, 0.05) is 18.8 Å². The van der Waals surface area contributed by atoms with Crippen LogP contribution in [0.5, 0.6) is 5.75 Å². The van der Waals surface area contributed by atoms with Crippen molar-refractivity contribution in [3.63, 3.8) is 0 Å². The van der Waals surface area contributed by atoms with Crippen LogP contribution in [0.4, 0.5) is 5.69 Å². The molecule has 0 aliphatic heterocycles. The largest absolute Gasteiger partial charge is 0.481 e. The number of carbonyl (C=O) groups is 1. The maximum atomic E-state index is 12.5. The number of ether oxygens (including phenoxy) is 1. The van der Waals surface area contributed by atoms with E-state index in [1.165, 1.54) is 16.4 Å². The van der Waals surface area contributed by atoms with E-state index in [1.54, 1.807) is 32.9 Å². The van der Waals surface area contributed by atoms with Crippen LogP contribution in [0, 0.1) is 0 Å². The van der Waals surface area contributed by atoms with Crippen LogP contribution in [0.1, 0.15) is 46.1 Å². The Morgan fingerprint density at radius 2 is 1.59 bits per heavy atom. The summed E-state index contributed by atoms with van der Waals surface area (Å²) in [4.78, 5) is 12.7. The first kappa shape index (κ1) is 22.9. The first-order valence-corrected chi connectivity index (χ1v) is 11.3. The van der Waals surface area contributed by atoms with Gasteiger partial charge in [0.2, 0.25) is 10.0 Å². The van der Waals surface area contributed by atoms with E-state index in [0.717, 1.165) is 5.56 Å². The van der Waals surface area contributed by atoms with Crippen molar-refractivity contribution in [1.82, 2.24) is 4.31 Å². The lowest BCUT2D eigenvalue weighted by molar-refractivity contribution is -0.122. The fourth-order valence-electron chi connectivity index (χ4n) is 2.98. The molecule has 29 heavy (non-hydrogen) atoms. The molecule has 0 bridgehead atoms. The first-order valence-electron chi connectivity index (χ1n) is 9.87. The highest BCUT2D eigenvalue weighted by Crippen LogP contribution is 2.27. The van der Waals surface area contributed by atoms with E-state index in [1.807, 2.05) is 24.3 Å². The Morgan fingerprint density at radius 1 is 1.00 bits per heavy atom. The molecule has 0 spiro atoms. The van der Waals surface area contributed by atoms with Gasteiger partial charge in [-0.1, -0.05) is 45.9 Å². The Hall–Kier alpha value is -2.38. The van der Waals surface area contributed by atoms with Crippen molar-refractivity contribution in [2.45, 2.75) is 51.5 Å². The molecule has 1 atom stereocenters. The summed E-state index contributed by atoms with van der Waals surface area (Å²) in [6, 6.07) is 13.8. The number of nitrogens with zero attached hydrogens (tertiary/aromatic N) is 1. The molecular weight excluding hydrogens is 388 g/mol. The number of sulfonamides is 1. The molecule has 6 nitrogen and oxygen atoms in total. The average molecular weight is 419 g/mol. The number of carbonyl (C=O) groups excluding carboxylic acids is 1. The quantitative estimate of drug-likeness (QED) is 0.661. The average Bonchev–Trinajstić information content (AvgIpc) is 2.69. The van der Waals surface area contributed by atoms with Gasteiger partial charge in [0.1, 0.15) is 5.75 Å². The molecular formula is C22H30N2O4S. The van der Waals surface area contributed by atoms with Crippen LogP contribution in [0.2, 0.25) is 0 Å². The van der Waals surface area contributed by atoms with E-state index in [4.69, 9.17) is 4.74 Å². The van der Waals surface area contributed by atoms with Crippen molar-refractivity contribution in [1.29, 1.82) is 0 Å². The van der Waals surface area contributed by atoms with Crippen molar-refractivity contribution in [2.24, 2.45) is 0 Å². The number of amides is 1. The number of rotatable bonds is 9. The monoisotopic (exact) mass is 418 g/mol. The molecule has 2 rings (SSSR count). The zero-order valence-electron chi connectivity index (χ0n) is 17.7. The molecule has 0 aromatic heterocycles. The van der Waals surface area contributed by atoms with E-state index >= 15 is 0 Å². The second kappa shape index (κ2) is 9.89. The van der Waals surface area contributed by atoms with Gasteiger partial charge >= 0.3 is 0 Å². The summed E-state index contributed by atoms with van der Waals surface area (Å²) < 4.78 is 32.3. The third kappa shape index (κ3) is 5.58. The highest BCUT2D eigenvalue weighted by atomic mass is 32.2. The summed E-state index contributed by atoms with van der Waals surface area (Å²) in [5.74, 6) is 0.662. The van der Waals surface area contributed by atoms with Crippen LogP contribution in [0.25, 0.3) is 0 Å². The van der Waals surface area contributed by atoms with Crippen molar-refractivity contribution < 1.29 is 17.9 Å². The zero-order valence-corrected chi connectivity index (χ0v) is 18.5. The van der Waals surface area contributed by atoms with Gasteiger partial charge in [-0.05, 0) is 48.7 Å². The number of nitrogens with one attached hydrogen (secondary N) is 1. The molecule has 0 unspecified atom stereocenters. The maximum absolute atomic E-state index is 12.5. The number of benzene rings is 2. The smallest absolute Gasteiger partial charge is 0.265 e. The molecule has 0 aliphatic rings. The van der Waals surface area contributed by atoms with Crippen molar-refractivity contribution in [3.05, 3.63) is 54.1 Å². The van der Waals surface area contributed by atoms with Gasteiger partial charge < -0.3 is 10.1 Å². The Bertz CT molecular complexity index is 920. The van der Waals surface area contributed by atoms with Gasteiger partial charge in [-0.15, -0.1) is 0 Å². The Balaban J connectivity index is 2.08. The molecule has 0 fully saturated rings. The van der Waals surface area contributed by atoms with E-state index in [2.05, 4.69) is 19.2 Å². The second-order valence-corrected chi connectivity index (χ2v) is 8.99. The topological polar surface area (TPSA) is 75.7 Å². The van der Waals surface area contributed by atoms with E-state index in [0.29, 0.717) is 24.5 Å². The first-order chi connectivity index (χ1) is 13.7. The van der Waals surface area contributed by atoms with Gasteiger partial charge in [0.25, 0.3) is 5.91 Å². The third-order valence-electron chi connectivity index (χ3n) is 4.68. The Morgan fingerprint density at radius 3 is 2.14 bits per heavy atom. The molecule has 0 saturated carbocycles. The zero-order chi connectivity index (χ0) is 21.6. The highest BCUT2D eigenvalue weighted by molar-refractivity contribution is 7.89. The van der Waals surface area contributed by atoms with Gasteiger partial charge in [-0.2, -0.15) is 4.31 Å². The van der Waals surface area contributed by atoms with Gasteiger partial charge in [0.15, 0.2) is 6.10 Å². The molecule has 1 N–H and O–H groups in total. The summed E-state index contributed by atoms with van der Waals surface area (Å²) in [7, 11) is -3.52. The Kier molecular flexibility index (Phi) is 7.81.